The van der Waals surface area contributed by atoms with E-state index < -0.39 is 0 Å². The van der Waals surface area contributed by atoms with Crippen LogP contribution in [0.4, 0.5) is 5.69 Å². The molecule has 0 aliphatic carbocycles. The van der Waals surface area contributed by atoms with Crippen molar-refractivity contribution in [1.82, 2.24) is 0 Å². The quantitative estimate of drug-likeness (QED) is 0.546. The highest BCUT2D eigenvalue weighted by Crippen LogP contribution is 2.30. The Morgan fingerprint density at radius 3 is 2.82 bits per heavy atom. The van der Waals surface area contributed by atoms with Crippen molar-refractivity contribution in [3.63, 3.8) is 0 Å². The van der Waals surface area contributed by atoms with Gasteiger partial charge in [0.25, 0.3) is 0 Å². The van der Waals surface area contributed by atoms with Crippen LogP contribution in [0.2, 0.25) is 0 Å². The molecule has 0 bridgehead atoms. The average molecular weight is 169 g/mol. The number of hydrogen-bond donors (Lipinski definition) is 1. The summed E-state index contributed by atoms with van der Waals surface area (Å²) in [6.45, 7) is 0. The van der Waals surface area contributed by atoms with E-state index in [0.717, 1.165) is 0 Å². The fourth-order valence-electron chi connectivity index (χ4n) is 0.742. The highest BCUT2D eigenvalue weighted by atomic mass is 32.2. The van der Waals surface area contributed by atoms with Gasteiger partial charge in [-0.15, -0.1) is 16.7 Å². The molecule has 1 rings (SSSR count). The Bertz CT molecular complexity index is 275. The van der Waals surface area contributed by atoms with Gasteiger partial charge in [-0.2, -0.15) is 0 Å². The van der Waals surface area contributed by atoms with Crippen LogP contribution in [-0.2, 0) is 0 Å². The highest BCUT2D eigenvalue weighted by molar-refractivity contribution is 7.98. The van der Waals surface area contributed by atoms with Crippen LogP contribution in [-0.4, -0.2) is 11.4 Å². The average Bonchev–Trinajstić information content (AvgIpc) is 2.04. The molecule has 1 aromatic carbocycles. The van der Waals surface area contributed by atoms with Crippen LogP contribution in [0, 0.1) is 4.91 Å². The zero-order chi connectivity index (χ0) is 8.27. The third kappa shape index (κ3) is 1.71. The molecule has 4 heteroatoms. The van der Waals surface area contributed by atoms with Crippen molar-refractivity contribution in [2.75, 3.05) is 6.26 Å². The number of aromatic hydroxyl groups is 1. The van der Waals surface area contributed by atoms with Gasteiger partial charge >= 0.3 is 0 Å². The van der Waals surface area contributed by atoms with Crippen molar-refractivity contribution in [2.45, 2.75) is 4.90 Å². The van der Waals surface area contributed by atoms with Crippen LogP contribution in [0.1, 0.15) is 0 Å². The second-order valence-electron chi connectivity index (χ2n) is 1.95. The Labute approximate surface area is 68.4 Å². The van der Waals surface area contributed by atoms with E-state index in [2.05, 4.69) is 5.18 Å². The minimum absolute atomic E-state index is 0.154. The summed E-state index contributed by atoms with van der Waals surface area (Å²) in [5.41, 5.74) is 0.371. The van der Waals surface area contributed by atoms with Crippen molar-refractivity contribution in [3.8, 4) is 5.75 Å². The molecule has 0 saturated heterocycles. The highest BCUT2D eigenvalue weighted by Gasteiger charge is 2.01. The minimum Gasteiger partial charge on any atom is -0.508 e. The molecule has 0 amide bonds. The summed E-state index contributed by atoms with van der Waals surface area (Å²) in [5.74, 6) is 0.154. The second kappa shape index (κ2) is 3.39. The Kier molecular flexibility index (Phi) is 2.48. The first-order valence-corrected chi connectivity index (χ1v) is 4.20. The van der Waals surface area contributed by atoms with E-state index in [0.29, 0.717) is 10.6 Å². The number of thioether (sulfide) groups is 1. The number of phenolic OH excluding ortho intramolecular Hbond substituents is 1. The lowest BCUT2D eigenvalue weighted by atomic mass is 10.3. The molecule has 0 fully saturated rings. The van der Waals surface area contributed by atoms with E-state index in [1.165, 1.54) is 30.0 Å². The largest absolute Gasteiger partial charge is 0.508 e. The summed E-state index contributed by atoms with van der Waals surface area (Å²) in [5, 5.41) is 11.8. The summed E-state index contributed by atoms with van der Waals surface area (Å²) >= 11 is 1.38. The zero-order valence-corrected chi connectivity index (χ0v) is 6.76. The third-order valence-electron chi connectivity index (χ3n) is 1.26. The second-order valence-corrected chi connectivity index (χ2v) is 2.80. The third-order valence-corrected chi connectivity index (χ3v) is 2.03. The number of nitrogens with zero attached hydrogens (tertiary/aromatic N) is 1. The van der Waals surface area contributed by atoms with E-state index in [1.807, 2.05) is 6.26 Å². The number of phenols is 1. The topological polar surface area (TPSA) is 49.7 Å². The molecule has 1 aromatic rings. The van der Waals surface area contributed by atoms with Crippen molar-refractivity contribution >= 4 is 17.4 Å². The van der Waals surface area contributed by atoms with E-state index in [1.54, 1.807) is 0 Å². The van der Waals surface area contributed by atoms with Gasteiger partial charge in [-0.3, -0.25) is 0 Å². The first-order chi connectivity index (χ1) is 5.27. The monoisotopic (exact) mass is 169 g/mol. The molecule has 0 unspecified atom stereocenters. The van der Waals surface area contributed by atoms with Crippen LogP contribution in [0.15, 0.2) is 28.3 Å². The van der Waals surface area contributed by atoms with Gasteiger partial charge in [0.2, 0.25) is 0 Å². The normalized spacial score (nSPS) is 9.55. The van der Waals surface area contributed by atoms with E-state index in [4.69, 9.17) is 5.11 Å². The lowest BCUT2D eigenvalue weighted by Crippen LogP contribution is -1.71. The van der Waals surface area contributed by atoms with Crippen LogP contribution >= 0.6 is 11.8 Å². The standard InChI is InChI=1S/C7H7NO2S/c1-11-7-4-5(9)2-3-6(7)8-10/h2-4,9H,1H3. The molecule has 0 saturated carbocycles. The van der Waals surface area contributed by atoms with Gasteiger partial charge in [-0.25, -0.2) is 0 Å². The summed E-state index contributed by atoms with van der Waals surface area (Å²) in [6.07, 6.45) is 1.82. The van der Waals surface area contributed by atoms with Crippen molar-refractivity contribution in [1.29, 1.82) is 0 Å². The molecule has 11 heavy (non-hydrogen) atoms. The number of hydrogen-bond acceptors (Lipinski definition) is 4. The van der Waals surface area contributed by atoms with E-state index >= 15 is 0 Å². The van der Waals surface area contributed by atoms with E-state index in [9.17, 15) is 4.91 Å². The van der Waals surface area contributed by atoms with Gasteiger partial charge < -0.3 is 5.11 Å². The molecule has 58 valence electrons. The predicted molar refractivity (Wildman–Crippen MR) is 45.3 cm³/mol. The van der Waals surface area contributed by atoms with Gasteiger partial charge in [0.1, 0.15) is 11.4 Å². The van der Waals surface area contributed by atoms with Crippen LogP contribution < -0.4 is 0 Å². The van der Waals surface area contributed by atoms with Gasteiger partial charge in [0, 0.05) is 4.90 Å². The summed E-state index contributed by atoms with van der Waals surface area (Å²) in [6, 6.07) is 4.45. The van der Waals surface area contributed by atoms with Gasteiger partial charge in [0.05, 0.1) is 0 Å². The predicted octanol–water partition coefficient (Wildman–Crippen LogP) is 2.51. The molecule has 0 atom stereocenters. The maximum absolute atomic E-state index is 10.2. The van der Waals surface area contributed by atoms with Crippen LogP contribution in [0.5, 0.6) is 5.75 Å². The Morgan fingerprint density at radius 2 is 2.27 bits per heavy atom. The SMILES string of the molecule is CSc1cc(O)ccc1N=O. The molecule has 3 nitrogen and oxygen atoms in total. The fraction of sp³-hybridized carbons (Fsp3) is 0.143. The molecular weight excluding hydrogens is 162 g/mol. The molecule has 0 heterocycles. The van der Waals surface area contributed by atoms with E-state index in [-0.39, 0.29) is 5.75 Å². The van der Waals surface area contributed by atoms with Crippen molar-refractivity contribution in [2.24, 2.45) is 5.18 Å². The first-order valence-electron chi connectivity index (χ1n) is 2.98. The molecule has 0 spiro atoms. The van der Waals surface area contributed by atoms with Crippen LogP contribution in [0.25, 0.3) is 0 Å². The summed E-state index contributed by atoms with van der Waals surface area (Å²) in [7, 11) is 0. The zero-order valence-electron chi connectivity index (χ0n) is 5.94. The summed E-state index contributed by atoms with van der Waals surface area (Å²) < 4.78 is 0. The molecule has 0 radical (unpaired) electrons. The minimum atomic E-state index is 0.154. The molecular formula is C7H7NO2S. The maximum Gasteiger partial charge on any atom is 0.121 e. The van der Waals surface area contributed by atoms with Crippen molar-refractivity contribution in [3.05, 3.63) is 23.1 Å². The van der Waals surface area contributed by atoms with Crippen LogP contribution in [0.3, 0.4) is 0 Å². The molecule has 0 aliphatic rings. The maximum atomic E-state index is 10.2. The molecule has 0 aliphatic heterocycles. The first kappa shape index (κ1) is 8.07. The molecule has 0 aromatic heterocycles. The number of nitroso groups, excluding NO2 is 1. The Balaban J connectivity index is 3.16. The van der Waals surface area contributed by atoms with Gasteiger partial charge in [-0.1, -0.05) is 0 Å². The lowest BCUT2D eigenvalue weighted by Gasteiger charge is -1.98. The molecule has 1 N–H and O–H groups in total. The van der Waals surface area contributed by atoms with Gasteiger partial charge in [0.15, 0.2) is 0 Å². The Hall–Kier alpha value is -1.03. The fourth-order valence-corrected chi connectivity index (χ4v) is 1.29. The van der Waals surface area contributed by atoms with Gasteiger partial charge in [-0.05, 0) is 29.6 Å². The smallest absolute Gasteiger partial charge is 0.121 e. The van der Waals surface area contributed by atoms with Crippen molar-refractivity contribution < 1.29 is 5.11 Å². The number of rotatable bonds is 2. The summed E-state index contributed by atoms with van der Waals surface area (Å²) in [4.78, 5) is 10.8. The Morgan fingerprint density at radius 1 is 1.55 bits per heavy atom. The lowest BCUT2D eigenvalue weighted by molar-refractivity contribution is 0.474. The number of benzene rings is 1.